The van der Waals surface area contributed by atoms with Gasteiger partial charge in [0, 0.05) is 23.5 Å². The van der Waals surface area contributed by atoms with Crippen LogP contribution in [0.1, 0.15) is 15.9 Å². The highest BCUT2D eigenvalue weighted by Gasteiger charge is 2.00. The maximum Gasteiger partial charge on any atom is 0.187 e. The normalized spacial score (nSPS) is 10.6. The van der Waals surface area contributed by atoms with Crippen molar-refractivity contribution in [1.29, 1.82) is 0 Å². The Bertz CT molecular complexity index is 585. The topological polar surface area (TPSA) is 29.1 Å². The lowest BCUT2D eigenvalue weighted by Gasteiger charge is -2.00. The molecule has 1 N–H and O–H groups in total. The largest absolute Gasteiger partial charge is 0.362 e. The minimum atomic E-state index is -0.349. The molecule has 0 saturated heterocycles. The molecular weight excluding hydrogens is 241 g/mol. The third-order valence-electron chi connectivity index (χ3n) is 2.67. The Morgan fingerprint density at radius 1 is 1.05 bits per heavy atom. The van der Waals surface area contributed by atoms with Gasteiger partial charge in [-0.15, -0.1) is 0 Å². The molecule has 19 heavy (non-hydrogen) atoms. The second-order valence-corrected chi connectivity index (χ2v) is 4.21. The highest BCUT2D eigenvalue weighted by molar-refractivity contribution is 6.04. The predicted octanol–water partition coefficient (Wildman–Crippen LogP) is 3.94. The first kappa shape index (κ1) is 13.0. The number of carbonyl (C=O) groups excluding carboxylic acids is 1. The molecular formula is C16H14FNO. The minimum absolute atomic E-state index is 0.167. The van der Waals surface area contributed by atoms with E-state index in [1.807, 2.05) is 31.2 Å². The molecule has 2 aromatic carbocycles. The van der Waals surface area contributed by atoms with E-state index in [9.17, 15) is 9.18 Å². The van der Waals surface area contributed by atoms with Crippen LogP contribution >= 0.6 is 0 Å². The number of carbonyl (C=O) groups is 1. The van der Waals surface area contributed by atoms with Crippen LogP contribution in [0.15, 0.2) is 60.8 Å². The molecule has 0 fully saturated rings. The lowest BCUT2D eigenvalue weighted by Crippen LogP contribution is -1.96. The van der Waals surface area contributed by atoms with Crippen LogP contribution in [-0.2, 0) is 0 Å². The molecule has 3 heteroatoms. The van der Waals surface area contributed by atoms with Crippen molar-refractivity contribution in [3.8, 4) is 0 Å². The molecule has 0 amide bonds. The molecule has 2 aromatic rings. The van der Waals surface area contributed by atoms with Gasteiger partial charge in [0.15, 0.2) is 5.78 Å². The van der Waals surface area contributed by atoms with Crippen molar-refractivity contribution in [2.75, 3.05) is 5.32 Å². The van der Waals surface area contributed by atoms with E-state index in [1.54, 1.807) is 6.20 Å². The van der Waals surface area contributed by atoms with Gasteiger partial charge in [-0.05, 0) is 43.3 Å². The van der Waals surface area contributed by atoms with Gasteiger partial charge in [0.2, 0.25) is 0 Å². The third-order valence-corrected chi connectivity index (χ3v) is 2.67. The van der Waals surface area contributed by atoms with Gasteiger partial charge in [-0.25, -0.2) is 4.39 Å². The summed E-state index contributed by atoms with van der Waals surface area (Å²) < 4.78 is 12.7. The first-order chi connectivity index (χ1) is 9.15. The number of nitrogens with one attached hydrogen (secondary N) is 1. The van der Waals surface area contributed by atoms with E-state index in [2.05, 4.69) is 5.32 Å². The number of benzene rings is 2. The highest BCUT2D eigenvalue weighted by Crippen LogP contribution is 2.09. The molecule has 0 aliphatic rings. The molecule has 0 radical (unpaired) electrons. The van der Waals surface area contributed by atoms with Crippen LogP contribution in [0.3, 0.4) is 0 Å². The molecule has 0 bridgehead atoms. The monoisotopic (exact) mass is 255 g/mol. The average molecular weight is 255 g/mol. The van der Waals surface area contributed by atoms with Gasteiger partial charge in [-0.1, -0.05) is 17.7 Å². The van der Waals surface area contributed by atoms with Gasteiger partial charge >= 0.3 is 0 Å². The van der Waals surface area contributed by atoms with Crippen molar-refractivity contribution in [3.63, 3.8) is 0 Å². The Labute approximate surface area is 111 Å². The number of ketones is 1. The van der Waals surface area contributed by atoms with E-state index in [-0.39, 0.29) is 11.6 Å². The second kappa shape index (κ2) is 5.96. The van der Waals surface area contributed by atoms with Crippen LogP contribution in [0.4, 0.5) is 10.1 Å². The number of aryl methyl sites for hydroxylation is 1. The minimum Gasteiger partial charge on any atom is -0.362 e. The van der Waals surface area contributed by atoms with E-state index < -0.39 is 0 Å². The van der Waals surface area contributed by atoms with Crippen molar-refractivity contribution >= 4 is 11.5 Å². The smallest absolute Gasteiger partial charge is 0.187 e. The second-order valence-electron chi connectivity index (χ2n) is 4.21. The Hall–Kier alpha value is -2.42. The maximum absolute atomic E-state index is 12.7. The molecule has 0 spiro atoms. The van der Waals surface area contributed by atoms with Gasteiger partial charge in [0.05, 0.1) is 0 Å². The van der Waals surface area contributed by atoms with E-state index in [0.29, 0.717) is 5.56 Å². The summed E-state index contributed by atoms with van der Waals surface area (Å²) in [6, 6.07) is 13.3. The maximum atomic E-state index is 12.7. The third kappa shape index (κ3) is 3.78. The van der Waals surface area contributed by atoms with Gasteiger partial charge in [0.25, 0.3) is 0 Å². The molecule has 0 aliphatic carbocycles. The fourth-order valence-corrected chi connectivity index (χ4v) is 1.57. The summed E-state index contributed by atoms with van der Waals surface area (Å²) in [5.74, 6) is -0.516. The van der Waals surface area contributed by atoms with E-state index >= 15 is 0 Å². The molecule has 0 aliphatic heterocycles. The van der Waals surface area contributed by atoms with Crippen molar-refractivity contribution in [2.24, 2.45) is 0 Å². The summed E-state index contributed by atoms with van der Waals surface area (Å²) in [4.78, 5) is 11.8. The van der Waals surface area contributed by atoms with Gasteiger partial charge < -0.3 is 5.32 Å². The molecule has 96 valence electrons. The Balaban J connectivity index is 1.97. The van der Waals surface area contributed by atoms with E-state index in [1.165, 1.54) is 35.9 Å². The van der Waals surface area contributed by atoms with Crippen LogP contribution in [-0.4, -0.2) is 5.78 Å². The summed E-state index contributed by atoms with van der Waals surface area (Å²) in [7, 11) is 0. The van der Waals surface area contributed by atoms with Crippen molar-refractivity contribution < 1.29 is 9.18 Å². The highest BCUT2D eigenvalue weighted by atomic mass is 19.1. The summed E-state index contributed by atoms with van der Waals surface area (Å²) in [6.07, 6.45) is 3.00. The first-order valence-electron chi connectivity index (χ1n) is 5.95. The van der Waals surface area contributed by atoms with Crippen LogP contribution in [0.25, 0.3) is 0 Å². The fraction of sp³-hybridized carbons (Fsp3) is 0.0625. The zero-order chi connectivity index (χ0) is 13.7. The van der Waals surface area contributed by atoms with E-state index in [4.69, 9.17) is 0 Å². The zero-order valence-electron chi connectivity index (χ0n) is 10.6. The molecule has 2 nitrogen and oxygen atoms in total. The van der Waals surface area contributed by atoms with Gasteiger partial charge in [-0.2, -0.15) is 0 Å². The number of anilines is 1. The van der Waals surface area contributed by atoms with Gasteiger partial charge in [0.1, 0.15) is 5.82 Å². The number of allylic oxidation sites excluding steroid dienone is 1. The van der Waals surface area contributed by atoms with Crippen molar-refractivity contribution in [2.45, 2.75) is 6.92 Å². The number of halogens is 1. The summed E-state index contributed by atoms with van der Waals surface area (Å²) in [5, 5.41) is 3.01. The summed E-state index contributed by atoms with van der Waals surface area (Å²) in [5.41, 5.74) is 2.55. The molecule has 0 heterocycles. The average Bonchev–Trinajstić information content (AvgIpc) is 2.41. The van der Waals surface area contributed by atoms with Crippen molar-refractivity contribution in [3.05, 3.63) is 77.8 Å². The Morgan fingerprint density at radius 3 is 2.32 bits per heavy atom. The standard InChI is InChI=1S/C16H14FNO/c1-12-2-8-15(9-3-12)18-11-10-16(19)13-4-6-14(17)7-5-13/h2-11,18H,1H3/b11-10+. The number of hydrogen-bond donors (Lipinski definition) is 1. The van der Waals surface area contributed by atoms with Crippen molar-refractivity contribution in [1.82, 2.24) is 0 Å². The first-order valence-corrected chi connectivity index (χ1v) is 5.95. The molecule has 0 atom stereocenters. The molecule has 0 unspecified atom stereocenters. The molecule has 0 aromatic heterocycles. The Morgan fingerprint density at radius 2 is 1.68 bits per heavy atom. The predicted molar refractivity (Wildman–Crippen MR) is 74.7 cm³/mol. The summed E-state index contributed by atoms with van der Waals surface area (Å²) >= 11 is 0. The molecule has 2 rings (SSSR count). The lowest BCUT2D eigenvalue weighted by atomic mass is 10.1. The van der Waals surface area contributed by atoms with Crippen LogP contribution in [0.2, 0.25) is 0 Å². The SMILES string of the molecule is Cc1ccc(N/C=C/C(=O)c2ccc(F)cc2)cc1. The van der Waals surface area contributed by atoms with Crippen LogP contribution in [0, 0.1) is 12.7 Å². The summed E-state index contributed by atoms with van der Waals surface area (Å²) in [6.45, 7) is 2.01. The Kier molecular flexibility index (Phi) is 4.08. The van der Waals surface area contributed by atoms with Crippen LogP contribution < -0.4 is 5.32 Å². The lowest BCUT2D eigenvalue weighted by molar-refractivity contribution is 0.104. The number of rotatable bonds is 4. The van der Waals surface area contributed by atoms with Crippen LogP contribution in [0.5, 0.6) is 0 Å². The quantitative estimate of drug-likeness (QED) is 0.662. The van der Waals surface area contributed by atoms with Gasteiger partial charge in [-0.3, -0.25) is 4.79 Å². The number of hydrogen-bond acceptors (Lipinski definition) is 2. The molecule has 0 saturated carbocycles. The fourth-order valence-electron chi connectivity index (χ4n) is 1.57. The van der Waals surface area contributed by atoms with E-state index in [0.717, 1.165) is 5.69 Å². The zero-order valence-corrected chi connectivity index (χ0v) is 10.6.